The van der Waals surface area contributed by atoms with E-state index in [-0.39, 0.29) is 0 Å². The van der Waals surface area contributed by atoms with Gasteiger partial charge < -0.3 is 9.67 Å². The Morgan fingerprint density at radius 1 is 1.69 bits per heavy atom. The molecule has 1 aromatic rings. The Morgan fingerprint density at radius 2 is 2.31 bits per heavy atom. The molecule has 3 heteroatoms. The average molecular weight is 180 g/mol. The van der Waals surface area contributed by atoms with Crippen LogP contribution in [-0.4, -0.2) is 14.7 Å². The van der Waals surface area contributed by atoms with Gasteiger partial charge in [0.1, 0.15) is 11.9 Å². The van der Waals surface area contributed by atoms with Gasteiger partial charge in [-0.25, -0.2) is 4.98 Å². The summed E-state index contributed by atoms with van der Waals surface area (Å²) in [6, 6.07) is 0. The summed E-state index contributed by atoms with van der Waals surface area (Å²) >= 11 is 0. The van der Waals surface area contributed by atoms with E-state index in [1.807, 2.05) is 17.8 Å². The summed E-state index contributed by atoms with van der Waals surface area (Å²) in [5.74, 6) is 1.17. The van der Waals surface area contributed by atoms with Crippen molar-refractivity contribution in [1.82, 2.24) is 9.55 Å². The number of imidazole rings is 1. The van der Waals surface area contributed by atoms with Gasteiger partial charge in [0, 0.05) is 19.4 Å². The molecule has 13 heavy (non-hydrogen) atoms. The van der Waals surface area contributed by atoms with Crippen LogP contribution in [0.3, 0.4) is 0 Å². The van der Waals surface area contributed by atoms with Crippen molar-refractivity contribution in [2.45, 2.75) is 26.4 Å². The molecule has 0 saturated heterocycles. The Balaban J connectivity index is 2.15. The van der Waals surface area contributed by atoms with Gasteiger partial charge in [-0.3, -0.25) is 0 Å². The average Bonchev–Trinajstić information content (AvgIpc) is 2.49. The SMILES string of the molecule is Cn1ccnc1C(O)C1CC1(C)C. The molecule has 2 atom stereocenters. The maximum absolute atomic E-state index is 9.98. The van der Waals surface area contributed by atoms with E-state index in [0.29, 0.717) is 11.3 Å². The number of hydrogen-bond acceptors (Lipinski definition) is 2. The van der Waals surface area contributed by atoms with E-state index in [1.165, 1.54) is 0 Å². The Hall–Kier alpha value is -0.830. The van der Waals surface area contributed by atoms with E-state index in [1.54, 1.807) is 6.20 Å². The minimum absolute atomic E-state index is 0.297. The number of nitrogens with zero attached hydrogens (tertiary/aromatic N) is 2. The van der Waals surface area contributed by atoms with Crippen molar-refractivity contribution >= 4 is 0 Å². The number of aliphatic hydroxyl groups excluding tert-OH is 1. The van der Waals surface area contributed by atoms with E-state index in [0.717, 1.165) is 12.2 Å². The van der Waals surface area contributed by atoms with E-state index in [9.17, 15) is 5.11 Å². The first-order chi connectivity index (χ1) is 6.02. The fourth-order valence-corrected chi connectivity index (χ4v) is 1.89. The predicted octanol–water partition coefficient (Wildman–Crippen LogP) is 1.50. The van der Waals surface area contributed by atoms with Gasteiger partial charge in [0.25, 0.3) is 0 Å². The summed E-state index contributed by atoms with van der Waals surface area (Å²) in [7, 11) is 1.92. The van der Waals surface area contributed by atoms with Crippen molar-refractivity contribution in [3.8, 4) is 0 Å². The van der Waals surface area contributed by atoms with E-state index < -0.39 is 6.10 Å². The van der Waals surface area contributed by atoms with Gasteiger partial charge in [0.05, 0.1) is 0 Å². The highest BCUT2D eigenvalue weighted by molar-refractivity contribution is 5.07. The lowest BCUT2D eigenvalue weighted by atomic mass is 10.1. The second kappa shape index (κ2) is 2.58. The number of rotatable bonds is 2. The van der Waals surface area contributed by atoms with Gasteiger partial charge >= 0.3 is 0 Å². The third-order valence-electron chi connectivity index (χ3n) is 3.09. The number of aryl methyl sites for hydroxylation is 1. The normalized spacial score (nSPS) is 27.2. The summed E-state index contributed by atoms with van der Waals surface area (Å²) in [4.78, 5) is 4.16. The third-order valence-corrected chi connectivity index (χ3v) is 3.09. The monoisotopic (exact) mass is 180 g/mol. The molecular weight excluding hydrogens is 164 g/mol. The second-order valence-corrected chi connectivity index (χ2v) is 4.64. The molecule has 0 aromatic carbocycles. The van der Waals surface area contributed by atoms with Crippen molar-refractivity contribution in [2.75, 3.05) is 0 Å². The number of hydrogen-bond donors (Lipinski definition) is 1. The zero-order valence-electron chi connectivity index (χ0n) is 8.36. The Morgan fingerprint density at radius 3 is 2.69 bits per heavy atom. The number of aliphatic hydroxyl groups is 1. The van der Waals surface area contributed by atoms with E-state index >= 15 is 0 Å². The molecule has 1 saturated carbocycles. The smallest absolute Gasteiger partial charge is 0.137 e. The minimum Gasteiger partial charge on any atom is -0.385 e. The number of aromatic nitrogens is 2. The molecule has 3 nitrogen and oxygen atoms in total. The van der Waals surface area contributed by atoms with Crippen molar-refractivity contribution in [3.63, 3.8) is 0 Å². The van der Waals surface area contributed by atoms with Crippen LogP contribution < -0.4 is 0 Å². The molecule has 1 fully saturated rings. The first kappa shape index (κ1) is 8.75. The molecule has 0 amide bonds. The standard InChI is InChI=1S/C10H16N2O/c1-10(2)6-7(10)8(13)9-11-4-5-12(9)3/h4-5,7-8,13H,6H2,1-3H3. The lowest BCUT2D eigenvalue weighted by molar-refractivity contribution is 0.126. The van der Waals surface area contributed by atoms with Crippen molar-refractivity contribution in [1.29, 1.82) is 0 Å². The van der Waals surface area contributed by atoms with Gasteiger partial charge in [-0.15, -0.1) is 0 Å². The first-order valence-corrected chi connectivity index (χ1v) is 4.67. The van der Waals surface area contributed by atoms with Crippen LogP contribution in [0.15, 0.2) is 12.4 Å². The van der Waals surface area contributed by atoms with E-state index in [4.69, 9.17) is 0 Å². The Labute approximate surface area is 78.4 Å². The van der Waals surface area contributed by atoms with Crippen LogP contribution in [0.2, 0.25) is 0 Å². The van der Waals surface area contributed by atoms with Gasteiger partial charge in [-0.2, -0.15) is 0 Å². The second-order valence-electron chi connectivity index (χ2n) is 4.64. The molecule has 0 bridgehead atoms. The quantitative estimate of drug-likeness (QED) is 0.749. The van der Waals surface area contributed by atoms with Crippen LogP contribution >= 0.6 is 0 Å². The molecule has 1 aliphatic carbocycles. The van der Waals surface area contributed by atoms with Gasteiger partial charge in [-0.1, -0.05) is 13.8 Å². The molecule has 1 heterocycles. The minimum atomic E-state index is -0.394. The summed E-state index contributed by atoms with van der Waals surface area (Å²) in [5.41, 5.74) is 0.297. The van der Waals surface area contributed by atoms with E-state index in [2.05, 4.69) is 18.8 Å². The highest BCUT2D eigenvalue weighted by Crippen LogP contribution is 2.57. The fraction of sp³-hybridized carbons (Fsp3) is 0.700. The molecule has 2 unspecified atom stereocenters. The summed E-state index contributed by atoms with van der Waals surface area (Å²) in [6.45, 7) is 4.37. The summed E-state index contributed by atoms with van der Waals surface area (Å²) in [6.07, 6.45) is 4.30. The lowest BCUT2D eigenvalue weighted by Gasteiger charge is -2.11. The van der Waals surface area contributed by atoms with Crippen LogP contribution in [0.4, 0.5) is 0 Å². The van der Waals surface area contributed by atoms with Crippen LogP contribution in [-0.2, 0) is 7.05 Å². The van der Waals surface area contributed by atoms with Crippen molar-refractivity contribution in [3.05, 3.63) is 18.2 Å². The highest BCUT2D eigenvalue weighted by atomic mass is 16.3. The van der Waals surface area contributed by atoms with Crippen molar-refractivity contribution in [2.24, 2.45) is 18.4 Å². The highest BCUT2D eigenvalue weighted by Gasteiger charge is 2.51. The molecule has 1 aromatic heterocycles. The molecule has 1 N–H and O–H groups in total. The van der Waals surface area contributed by atoms with Crippen LogP contribution in [0.5, 0.6) is 0 Å². The molecule has 72 valence electrons. The Kier molecular flexibility index (Phi) is 1.74. The molecule has 0 spiro atoms. The maximum Gasteiger partial charge on any atom is 0.137 e. The van der Waals surface area contributed by atoms with Crippen LogP contribution in [0.1, 0.15) is 32.2 Å². The van der Waals surface area contributed by atoms with Gasteiger partial charge in [-0.05, 0) is 17.8 Å². The molecule has 0 aliphatic heterocycles. The molecule has 0 radical (unpaired) electrons. The zero-order chi connectivity index (χ0) is 9.64. The van der Waals surface area contributed by atoms with Crippen LogP contribution in [0, 0.1) is 11.3 Å². The topological polar surface area (TPSA) is 38.0 Å². The maximum atomic E-state index is 9.98. The predicted molar refractivity (Wildman–Crippen MR) is 50.1 cm³/mol. The third kappa shape index (κ3) is 1.37. The summed E-state index contributed by atoms with van der Waals surface area (Å²) in [5, 5.41) is 9.98. The molecule has 1 aliphatic rings. The fourth-order valence-electron chi connectivity index (χ4n) is 1.89. The lowest BCUT2D eigenvalue weighted by Crippen LogP contribution is -2.10. The summed E-state index contributed by atoms with van der Waals surface area (Å²) < 4.78 is 1.89. The molecular formula is C10H16N2O. The van der Waals surface area contributed by atoms with Crippen molar-refractivity contribution < 1.29 is 5.11 Å². The molecule has 2 rings (SSSR count). The van der Waals surface area contributed by atoms with Gasteiger partial charge in [0.15, 0.2) is 0 Å². The van der Waals surface area contributed by atoms with Gasteiger partial charge in [0.2, 0.25) is 0 Å². The zero-order valence-corrected chi connectivity index (χ0v) is 8.36. The largest absolute Gasteiger partial charge is 0.385 e. The van der Waals surface area contributed by atoms with Crippen LogP contribution in [0.25, 0.3) is 0 Å². The Bertz CT molecular complexity index is 316. The first-order valence-electron chi connectivity index (χ1n) is 4.67.